The zero-order valence-corrected chi connectivity index (χ0v) is 15.4. The van der Waals surface area contributed by atoms with E-state index in [0.717, 1.165) is 0 Å². The number of rotatable bonds is 6. The Morgan fingerprint density at radius 3 is 2.78 bits per heavy atom. The van der Waals surface area contributed by atoms with Crippen molar-refractivity contribution in [1.29, 1.82) is 0 Å². The van der Waals surface area contributed by atoms with Gasteiger partial charge in [-0.2, -0.15) is 0 Å². The van der Waals surface area contributed by atoms with Crippen LogP contribution in [0.3, 0.4) is 0 Å². The minimum absolute atomic E-state index is 0.0755. The normalized spacial score (nSPS) is 23.4. The Labute approximate surface area is 157 Å². The van der Waals surface area contributed by atoms with Crippen molar-refractivity contribution < 1.29 is 19.2 Å². The number of nitrogens with zero attached hydrogens (tertiary/aromatic N) is 3. The number of aromatic nitrogens is 2. The quantitative estimate of drug-likeness (QED) is 0.700. The molecule has 9 nitrogen and oxygen atoms in total. The number of carbonyl (C=O) groups is 4. The second-order valence-electron chi connectivity index (χ2n) is 7.32. The predicted molar refractivity (Wildman–Crippen MR) is 95.1 cm³/mol. The number of hydrogen-bond donors (Lipinski definition) is 2. The Balaban J connectivity index is 1.81. The molecule has 2 fully saturated rings. The summed E-state index contributed by atoms with van der Waals surface area (Å²) < 4.78 is 0. The number of Topliss-reactive ketones (excluding diaryl/α,β-unsaturated/α-hetero) is 1. The van der Waals surface area contributed by atoms with Crippen molar-refractivity contribution in [2.75, 3.05) is 13.6 Å². The molecule has 3 N–H and O–H groups in total. The minimum atomic E-state index is -0.784. The molecular formula is C18H25N5O4. The molecule has 1 saturated heterocycles. The summed E-state index contributed by atoms with van der Waals surface area (Å²) in [6, 6.07) is -1.42. The summed E-state index contributed by atoms with van der Waals surface area (Å²) in [6.07, 6.45) is 5.74. The summed E-state index contributed by atoms with van der Waals surface area (Å²) in [4.78, 5) is 59.2. The highest BCUT2D eigenvalue weighted by Crippen LogP contribution is 2.26. The second-order valence-corrected chi connectivity index (χ2v) is 7.32. The van der Waals surface area contributed by atoms with E-state index in [-0.39, 0.29) is 36.4 Å². The molecule has 3 rings (SSSR count). The van der Waals surface area contributed by atoms with Gasteiger partial charge in [0.05, 0.1) is 6.33 Å². The van der Waals surface area contributed by atoms with Crippen LogP contribution >= 0.6 is 0 Å². The van der Waals surface area contributed by atoms with Crippen LogP contribution in [0.25, 0.3) is 0 Å². The summed E-state index contributed by atoms with van der Waals surface area (Å²) >= 11 is 0. The Bertz CT molecular complexity index is 732. The topological polar surface area (TPSA) is 129 Å². The third-order valence-electron chi connectivity index (χ3n) is 5.53. The molecule has 3 amide bonds. The molecule has 0 radical (unpaired) electrons. The lowest BCUT2D eigenvalue weighted by Gasteiger charge is -2.33. The van der Waals surface area contributed by atoms with Crippen LogP contribution in [-0.4, -0.2) is 68.9 Å². The van der Waals surface area contributed by atoms with Gasteiger partial charge in [0.25, 0.3) is 0 Å². The molecule has 2 heterocycles. The fourth-order valence-electron chi connectivity index (χ4n) is 3.98. The molecule has 0 aromatic carbocycles. The molecule has 1 saturated carbocycles. The van der Waals surface area contributed by atoms with Gasteiger partial charge >= 0.3 is 0 Å². The van der Waals surface area contributed by atoms with Gasteiger partial charge < -0.3 is 20.5 Å². The maximum absolute atomic E-state index is 13.2. The number of likely N-dealkylation sites (N-methyl/N-ethyl adjacent to an activating group) is 1. The molecule has 1 aromatic rings. The first kappa shape index (κ1) is 19.1. The van der Waals surface area contributed by atoms with E-state index in [2.05, 4.69) is 9.97 Å². The molecule has 1 aromatic heterocycles. The van der Waals surface area contributed by atoms with E-state index in [1.54, 1.807) is 13.2 Å². The highest BCUT2D eigenvalue weighted by Gasteiger charge is 2.40. The summed E-state index contributed by atoms with van der Waals surface area (Å²) in [6.45, 7) is 0.440. The number of imidazole rings is 1. The van der Waals surface area contributed by atoms with Crippen molar-refractivity contribution in [2.24, 2.45) is 11.7 Å². The highest BCUT2D eigenvalue weighted by molar-refractivity contribution is 5.94. The summed E-state index contributed by atoms with van der Waals surface area (Å²) in [7, 11) is 1.58. The molecule has 9 heteroatoms. The van der Waals surface area contributed by atoms with Crippen LogP contribution in [-0.2, 0) is 25.6 Å². The number of amides is 3. The van der Waals surface area contributed by atoms with Crippen molar-refractivity contribution in [2.45, 2.75) is 50.6 Å². The van der Waals surface area contributed by atoms with Crippen molar-refractivity contribution in [3.8, 4) is 0 Å². The van der Waals surface area contributed by atoms with E-state index in [9.17, 15) is 19.2 Å². The van der Waals surface area contributed by atoms with E-state index in [0.29, 0.717) is 37.9 Å². The smallest absolute Gasteiger partial charge is 0.246 e. The molecule has 1 aliphatic heterocycles. The Kier molecular flexibility index (Phi) is 5.57. The molecule has 2 aliphatic rings. The maximum Gasteiger partial charge on any atom is 0.246 e. The van der Waals surface area contributed by atoms with Crippen LogP contribution in [0.15, 0.2) is 12.5 Å². The van der Waals surface area contributed by atoms with Crippen molar-refractivity contribution >= 4 is 23.5 Å². The van der Waals surface area contributed by atoms with Gasteiger partial charge in [0.15, 0.2) is 0 Å². The molecule has 0 spiro atoms. The van der Waals surface area contributed by atoms with Gasteiger partial charge in [-0.3, -0.25) is 19.2 Å². The number of nitrogens with one attached hydrogen (secondary N) is 1. The van der Waals surface area contributed by atoms with Gasteiger partial charge in [0.1, 0.15) is 17.9 Å². The van der Waals surface area contributed by atoms with Gasteiger partial charge in [-0.1, -0.05) is 0 Å². The number of primary amides is 1. The van der Waals surface area contributed by atoms with Crippen LogP contribution in [0, 0.1) is 5.92 Å². The number of hydrogen-bond acceptors (Lipinski definition) is 5. The molecule has 3 atom stereocenters. The SMILES string of the molecule is CN(C(=O)C1CCC(=O)C1)[C@@H](Cc1cnc[nH]1)C(=O)N1CCC[C@H]1C(N)=O. The fourth-order valence-corrected chi connectivity index (χ4v) is 3.98. The van der Waals surface area contributed by atoms with Crippen LogP contribution in [0.2, 0.25) is 0 Å². The lowest BCUT2D eigenvalue weighted by Crippen LogP contribution is -2.54. The molecule has 1 unspecified atom stereocenters. The van der Waals surface area contributed by atoms with Gasteiger partial charge in [0, 0.05) is 50.7 Å². The van der Waals surface area contributed by atoms with E-state index in [4.69, 9.17) is 5.73 Å². The Hall–Kier alpha value is -2.71. The zero-order valence-electron chi connectivity index (χ0n) is 15.4. The molecule has 0 bridgehead atoms. The number of carbonyl (C=O) groups excluding carboxylic acids is 4. The van der Waals surface area contributed by atoms with Crippen LogP contribution < -0.4 is 5.73 Å². The molecule has 146 valence electrons. The van der Waals surface area contributed by atoms with Crippen LogP contribution in [0.1, 0.15) is 37.8 Å². The Morgan fingerprint density at radius 1 is 1.41 bits per heavy atom. The van der Waals surface area contributed by atoms with E-state index in [1.165, 1.54) is 16.1 Å². The van der Waals surface area contributed by atoms with Gasteiger partial charge in [-0.15, -0.1) is 0 Å². The number of likely N-dealkylation sites (tertiary alicyclic amines) is 1. The van der Waals surface area contributed by atoms with Crippen molar-refractivity contribution in [3.63, 3.8) is 0 Å². The average molecular weight is 375 g/mol. The number of nitrogens with two attached hydrogens (primary N) is 1. The number of ketones is 1. The third kappa shape index (κ3) is 4.01. The first-order chi connectivity index (χ1) is 12.9. The lowest BCUT2D eigenvalue weighted by atomic mass is 10.0. The first-order valence-electron chi connectivity index (χ1n) is 9.24. The van der Waals surface area contributed by atoms with E-state index >= 15 is 0 Å². The molecular weight excluding hydrogens is 350 g/mol. The van der Waals surface area contributed by atoms with Crippen molar-refractivity contribution in [3.05, 3.63) is 18.2 Å². The fraction of sp³-hybridized carbons (Fsp3) is 0.611. The second kappa shape index (κ2) is 7.89. The van der Waals surface area contributed by atoms with Gasteiger partial charge in [-0.05, 0) is 19.3 Å². The summed E-state index contributed by atoms with van der Waals surface area (Å²) in [5.41, 5.74) is 6.16. The molecule has 1 aliphatic carbocycles. The number of H-pyrrole nitrogens is 1. The van der Waals surface area contributed by atoms with Crippen LogP contribution in [0.4, 0.5) is 0 Å². The standard InChI is InChI=1S/C18H25N5O4/c1-22(17(26)11-4-5-13(24)7-11)15(8-12-9-20-10-21-12)18(27)23-6-2-3-14(23)16(19)25/h9-11,14-15H,2-8H2,1H3,(H2,19,25)(H,20,21)/t11?,14-,15-/m0/s1. The summed E-state index contributed by atoms with van der Waals surface area (Å²) in [5, 5.41) is 0. The summed E-state index contributed by atoms with van der Waals surface area (Å²) in [5.74, 6) is -1.35. The minimum Gasteiger partial charge on any atom is -0.368 e. The van der Waals surface area contributed by atoms with Crippen molar-refractivity contribution in [1.82, 2.24) is 19.8 Å². The monoisotopic (exact) mass is 375 g/mol. The first-order valence-corrected chi connectivity index (χ1v) is 9.24. The van der Waals surface area contributed by atoms with Gasteiger partial charge in [-0.25, -0.2) is 4.98 Å². The average Bonchev–Trinajstić information content (AvgIpc) is 3.38. The predicted octanol–water partition coefficient (Wildman–Crippen LogP) is -0.375. The van der Waals surface area contributed by atoms with Gasteiger partial charge in [0.2, 0.25) is 17.7 Å². The van der Waals surface area contributed by atoms with Crippen LogP contribution in [0.5, 0.6) is 0 Å². The van der Waals surface area contributed by atoms with E-state index < -0.39 is 18.0 Å². The Morgan fingerprint density at radius 2 is 2.19 bits per heavy atom. The van der Waals surface area contributed by atoms with E-state index in [1.807, 2.05) is 0 Å². The lowest BCUT2D eigenvalue weighted by molar-refractivity contribution is -0.148. The highest BCUT2D eigenvalue weighted by atomic mass is 16.2. The number of aromatic amines is 1. The third-order valence-corrected chi connectivity index (χ3v) is 5.53. The largest absolute Gasteiger partial charge is 0.368 e. The maximum atomic E-state index is 13.2. The zero-order chi connectivity index (χ0) is 19.6. The molecule has 27 heavy (non-hydrogen) atoms.